The molecule has 6 nitrogen and oxygen atoms in total. The highest BCUT2D eigenvalue weighted by molar-refractivity contribution is 7.89. The van der Waals surface area contributed by atoms with Crippen molar-refractivity contribution >= 4 is 33.4 Å². The fourth-order valence-corrected chi connectivity index (χ4v) is 3.38. The first-order chi connectivity index (χ1) is 12.2. The van der Waals surface area contributed by atoms with E-state index in [1.54, 1.807) is 0 Å². The van der Waals surface area contributed by atoms with E-state index in [0.717, 1.165) is 12.1 Å². The van der Waals surface area contributed by atoms with Gasteiger partial charge in [0.05, 0.1) is 0 Å². The van der Waals surface area contributed by atoms with Crippen molar-refractivity contribution in [1.82, 2.24) is 4.72 Å². The maximum atomic E-state index is 13.6. The first-order valence-electron chi connectivity index (χ1n) is 7.43. The SMILES string of the molecule is C[C@H](NS(=O)(=O)c1ccccc1F)C(=O)OCC(=O)c1ccc(Cl)cc1. The van der Waals surface area contributed by atoms with Gasteiger partial charge in [0.2, 0.25) is 10.0 Å². The number of carbonyl (C=O) groups excluding carboxylic acids is 2. The Bertz CT molecular complexity index is 915. The Morgan fingerprint density at radius 1 is 1.15 bits per heavy atom. The normalized spacial score (nSPS) is 12.4. The van der Waals surface area contributed by atoms with Crippen molar-refractivity contribution in [2.24, 2.45) is 0 Å². The zero-order valence-electron chi connectivity index (χ0n) is 13.6. The molecule has 2 rings (SSSR count). The summed E-state index contributed by atoms with van der Waals surface area (Å²) in [6, 6.07) is 9.43. The number of carbonyl (C=O) groups is 2. The van der Waals surface area contributed by atoms with E-state index in [2.05, 4.69) is 0 Å². The van der Waals surface area contributed by atoms with E-state index in [4.69, 9.17) is 16.3 Å². The first-order valence-corrected chi connectivity index (χ1v) is 9.29. The summed E-state index contributed by atoms with van der Waals surface area (Å²) in [6.45, 7) is 0.666. The van der Waals surface area contributed by atoms with Crippen LogP contribution in [0.25, 0.3) is 0 Å². The lowest BCUT2D eigenvalue weighted by atomic mass is 10.1. The van der Waals surface area contributed by atoms with Crippen molar-refractivity contribution in [2.45, 2.75) is 17.9 Å². The number of Topliss-reactive ketones (excluding diaryl/α,β-unsaturated/α-hetero) is 1. The number of sulfonamides is 1. The lowest BCUT2D eigenvalue weighted by Gasteiger charge is -2.14. The zero-order chi connectivity index (χ0) is 19.3. The van der Waals surface area contributed by atoms with Crippen molar-refractivity contribution in [3.05, 3.63) is 64.9 Å². The molecule has 2 aromatic carbocycles. The van der Waals surface area contributed by atoms with Crippen LogP contribution in [0, 0.1) is 5.82 Å². The molecule has 0 aliphatic rings. The molecule has 0 amide bonds. The second-order valence-corrected chi connectivity index (χ2v) is 7.43. The summed E-state index contributed by atoms with van der Waals surface area (Å²) in [6.07, 6.45) is 0. The standard InChI is InChI=1S/C17H15ClFNO5S/c1-11(20-26(23,24)16-5-3-2-4-14(16)19)17(22)25-10-15(21)12-6-8-13(18)9-7-12/h2-9,11,20H,10H2,1H3/t11-/m0/s1. The Labute approximate surface area is 155 Å². The van der Waals surface area contributed by atoms with Gasteiger partial charge in [-0.1, -0.05) is 23.7 Å². The second-order valence-electron chi connectivity index (χ2n) is 5.31. The monoisotopic (exact) mass is 399 g/mol. The molecule has 0 unspecified atom stereocenters. The highest BCUT2D eigenvalue weighted by Gasteiger charge is 2.25. The van der Waals surface area contributed by atoms with Gasteiger partial charge in [0, 0.05) is 10.6 Å². The van der Waals surface area contributed by atoms with E-state index in [0.29, 0.717) is 10.6 Å². The Hall–Kier alpha value is -2.29. The highest BCUT2D eigenvalue weighted by Crippen LogP contribution is 2.14. The van der Waals surface area contributed by atoms with Gasteiger partial charge in [0.1, 0.15) is 16.8 Å². The van der Waals surface area contributed by atoms with E-state index in [1.807, 2.05) is 4.72 Å². The minimum Gasteiger partial charge on any atom is -0.456 e. The predicted molar refractivity (Wildman–Crippen MR) is 92.9 cm³/mol. The van der Waals surface area contributed by atoms with Gasteiger partial charge < -0.3 is 4.74 Å². The fraction of sp³-hybridized carbons (Fsp3) is 0.176. The van der Waals surface area contributed by atoms with Crippen LogP contribution in [0.3, 0.4) is 0 Å². The molecule has 0 aliphatic carbocycles. The number of ether oxygens (including phenoxy) is 1. The number of nitrogens with one attached hydrogen (secondary N) is 1. The van der Waals surface area contributed by atoms with Crippen molar-refractivity contribution in [1.29, 1.82) is 0 Å². The molecule has 1 atom stereocenters. The number of benzene rings is 2. The molecule has 0 bridgehead atoms. The lowest BCUT2D eigenvalue weighted by Crippen LogP contribution is -2.40. The Morgan fingerprint density at radius 3 is 2.38 bits per heavy atom. The van der Waals surface area contributed by atoms with E-state index in [-0.39, 0.29) is 0 Å². The molecular formula is C17H15ClFNO5S. The summed E-state index contributed by atoms with van der Waals surface area (Å²) < 4.78 is 44.7. The van der Waals surface area contributed by atoms with Crippen LogP contribution in [-0.2, 0) is 19.6 Å². The van der Waals surface area contributed by atoms with Crippen LogP contribution in [0.15, 0.2) is 53.4 Å². The topological polar surface area (TPSA) is 89.5 Å². The van der Waals surface area contributed by atoms with Crippen LogP contribution in [0.5, 0.6) is 0 Å². The smallest absolute Gasteiger partial charge is 0.324 e. The molecule has 1 N–H and O–H groups in total. The Kier molecular flexibility index (Phi) is 6.47. The minimum absolute atomic E-state index is 0.293. The van der Waals surface area contributed by atoms with Crippen LogP contribution >= 0.6 is 11.6 Å². The van der Waals surface area contributed by atoms with Gasteiger partial charge >= 0.3 is 5.97 Å². The minimum atomic E-state index is -4.26. The second kappa shape index (κ2) is 8.39. The molecule has 0 aliphatic heterocycles. The number of hydrogen-bond acceptors (Lipinski definition) is 5. The van der Waals surface area contributed by atoms with E-state index < -0.39 is 45.1 Å². The third-order valence-electron chi connectivity index (χ3n) is 3.32. The van der Waals surface area contributed by atoms with Crippen molar-refractivity contribution in [3.8, 4) is 0 Å². The van der Waals surface area contributed by atoms with Crippen molar-refractivity contribution < 1.29 is 27.1 Å². The molecule has 0 radical (unpaired) electrons. The van der Waals surface area contributed by atoms with Crippen LogP contribution in [-0.4, -0.2) is 32.8 Å². The Balaban J connectivity index is 1.96. The van der Waals surface area contributed by atoms with Gasteiger partial charge in [0.15, 0.2) is 12.4 Å². The quantitative estimate of drug-likeness (QED) is 0.571. The van der Waals surface area contributed by atoms with Gasteiger partial charge in [-0.05, 0) is 43.3 Å². The van der Waals surface area contributed by atoms with Gasteiger partial charge in [0.25, 0.3) is 0 Å². The van der Waals surface area contributed by atoms with E-state index >= 15 is 0 Å². The third-order valence-corrected chi connectivity index (χ3v) is 5.15. The molecule has 0 saturated heterocycles. The van der Waals surface area contributed by atoms with Crippen LogP contribution in [0.2, 0.25) is 5.02 Å². The van der Waals surface area contributed by atoms with Crippen LogP contribution in [0.4, 0.5) is 4.39 Å². The molecule has 0 spiro atoms. The Morgan fingerprint density at radius 2 is 1.77 bits per heavy atom. The number of halogens is 2. The number of ketones is 1. The summed E-state index contributed by atoms with van der Waals surface area (Å²) in [5.74, 6) is -2.38. The molecule has 138 valence electrons. The van der Waals surface area contributed by atoms with Crippen molar-refractivity contribution in [3.63, 3.8) is 0 Å². The number of hydrogen-bond donors (Lipinski definition) is 1. The average Bonchev–Trinajstić information content (AvgIpc) is 2.59. The summed E-state index contributed by atoms with van der Waals surface area (Å²) >= 11 is 5.72. The summed E-state index contributed by atoms with van der Waals surface area (Å²) in [4.78, 5) is 23.3. The molecule has 0 heterocycles. The maximum Gasteiger partial charge on any atom is 0.324 e. The maximum absolute atomic E-state index is 13.6. The molecular weight excluding hydrogens is 385 g/mol. The average molecular weight is 400 g/mol. The van der Waals surface area contributed by atoms with Crippen LogP contribution in [0.1, 0.15) is 17.3 Å². The van der Waals surface area contributed by atoms with Gasteiger partial charge in [-0.3, -0.25) is 9.59 Å². The highest BCUT2D eigenvalue weighted by atomic mass is 35.5. The molecule has 2 aromatic rings. The van der Waals surface area contributed by atoms with Gasteiger partial charge in [-0.2, -0.15) is 4.72 Å². The largest absolute Gasteiger partial charge is 0.456 e. The van der Waals surface area contributed by atoms with Gasteiger partial charge in [-0.25, -0.2) is 12.8 Å². The molecule has 0 aromatic heterocycles. The zero-order valence-corrected chi connectivity index (χ0v) is 15.2. The first kappa shape index (κ1) is 20.0. The van der Waals surface area contributed by atoms with E-state index in [1.165, 1.54) is 43.3 Å². The lowest BCUT2D eigenvalue weighted by molar-refractivity contribution is -0.144. The molecule has 9 heteroatoms. The summed E-state index contributed by atoms with van der Waals surface area (Å²) in [7, 11) is -4.26. The number of esters is 1. The number of rotatable bonds is 7. The third kappa shape index (κ3) is 5.10. The van der Waals surface area contributed by atoms with E-state index in [9.17, 15) is 22.4 Å². The molecule has 26 heavy (non-hydrogen) atoms. The summed E-state index contributed by atoms with van der Waals surface area (Å²) in [5, 5.41) is 0.453. The molecule has 0 saturated carbocycles. The predicted octanol–water partition coefficient (Wildman–Crippen LogP) is 2.57. The van der Waals surface area contributed by atoms with Gasteiger partial charge in [-0.15, -0.1) is 0 Å². The molecule has 0 fully saturated rings. The summed E-state index contributed by atoms with van der Waals surface area (Å²) in [5.41, 5.74) is 0.293. The van der Waals surface area contributed by atoms with Crippen LogP contribution < -0.4 is 4.72 Å². The van der Waals surface area contributed by atoms with Crippen molar-refractivity contribution in [2.75, 3.05) is 6.61 Å². The fourth-order valence-electron chi connectivity index (χ4n) is 1.99.